The largest absolute Gasteiger partial charge is 0.357 e. The minimum absolute atomic E-state index is 0.159. The molecule has 0 bridgehead atoms. The van der Waals surface area contributed by atoms with E-state index in [1.165, 1.54) is 0 Å². The molecule has 154 valence electrons. The standard InChI is InChI=1S/C18H29N7O2S/c1-3-19-18(21-15-9-13-24(14-10-15)28(26,27)4-2)20-11-8-17-23-22-16-7-5-6-12-25(16)17/h5-7,12,15H,3-4,8-11,13-14H2,1-2H3,(H2,19,20,21). The topological polar surface area (TPSA) is 104 Å². The highest BCUT2D eigenvalue weighted by Crippen LogP contribution is 2.14. The highest BCUT2D eigenvalue weighted by molar-refractivity contribution is 7.89. The van der Waals surface area contributed by atoms with Crippen LogP contribution in [0.3, 0.4) is 0 Å². The van der Waals surface area contributed by atoms with Crippen molar-refractivity contribution >= 4 is 21.6 Å². The molecule has 0 aliphatic carbocycles. The molecule has 0 aromatic carbocycles. The molecule has 1 fully saturated rings. The Bertz CT molecular complexity index is 902. The van der Waals surface area contributed by atoms with E-state index in [2.05, 4.69) is 25.8 Å². The molecule has 0 atom stereocenters. The Kier molecular flexibility index (Phi) is 6.84. The second-order valence-corrected chi connectivity index (χ2v) is 9.03. The van der Waals surface area contributed by atoms with E-state index in [0.29, 0.717) is 26.1 Å². The molecule has 2 aromatic heterocycles. The number of aliphatic imine (C=N–C) groups is 1. The lowest BCUT2D eigenvalue weighted by Crippen LogP contribution is -2.50. The van der Waals surface area contributed by atoms with Crippen LogP contribution in [-0.2, 0) is 16.4 Å². The lowest BCUT2D eigenvalue weighted by molar-refractivity contribution is 0.306. The molecule has 9 nitrogen and oxygen atoms in total. The zero-order valence-corrected chi connectivity index (χ0v) is 17.3. The van der Waals surface area contributed by atoms with Gasteiger partial charge >= 0.3 is 0 Å². The number of hydrogen-bond acceptors (Lipinski definition) is 5. The number of piperidine rings is 1. The van der Waals surface area contributed by atoms with Gasteiger partial charge in [-0.2, -0.15) is 0 Å². The zero-order chi connectivity index (χ0) is 20.0. The molecule has 0 saturated carbocycles. The van der Waals surface area contributed by atoms with Crippen molar-refractivity contribution in [3.8, 4) is 0 Å². The Morgan fingerprint density at radius 1 is 1.25 bits per heavy atom. The third-order valence-corrected chi connectivity index (χ3v) is 6.77. The molecule has 1 aliphatic heterocycles. The molecule has 0 amide bonds. The van der Waals surface area contributed by atoms with Gasteiger partial charge in [-0.25, -0.2) is 12.7 Å². The number of nitrogens with zero attached hydrogens (tertiary/aromatic N) is 5. The lowest BCUT2D eigenvalue weighted by Gasteiger charge is -2.32. The van der Waals surface area contributed by atoms with Crippen LogP contribution < -0.4 is 10.6 Å². The molecule has 2 aromatic rings. The second-order valence-electron chi connectivity index (χ2n) is 6.77. The quantitative estimate of drug-likeness (QED) is 0.516. The summed E-state index contributed by atoms with van der Waals surface area (Å²) in [6.45, 7) is 6.18. The molecule has 28 heavy (non-hydrogen) atoms. The maximum Gasteiger partial charge on any atom is 0.213 e. The number of rotatable bonds is 7. The normalized spacial score (nSPS) is 17.1. The molecule has 3 rings (SSSR count). The van der Waals surface area contributed by atoms with E-state index < -0.39 is 10.0 Å². The first-order chi connectivity index (χ1) is 13.5. The Morgan fingerprint density at radius 3 is 2.75 bits per heavy atom. The summed E-state index contributed by atoms with van der Waals surface area (Å²) in [5.74, 6) is 1.80. The molecule has 10 heteroatoms. The Hall–Kier alpha value is -2.20. The van der Waals surface area contributed by atoms with Crippen molar-refractivity contribution in [3.63, 3.8) is 0 Å². The van der Waals surface area contributed by atoms with E-state index in [0.717, 1.165) is 36.8 Å². The fraction of sp³-hybridized carbons (Fsp3) is 0.611. The average Bonchev–Trinajstić information content (AvgIpc) is 3.12. The summed E-state index contributed by atoms with van der Waals surface area (Å²) in [7, 11) is -3.10. The monoisotopic (exact) mass is 407 g/mol. The molecule has 0 unspecified atom stereocenters. The van der Waals surface area contributed by atoms with Crippen molar-refractivity contribution in [1.82, 2.24) is 29.5 Å². The Morgan fingerprint density at radius 2 is 2.04 bits per heavy atom. The average molecular weight is 408 g/mol. The number of aromatic nitrogens is 3. The van der Waals surface area contributed by atoms with Crippen molar-refractivity contribution in [2.75, 3.05) is 31.9 Å². The van der Waals surface area contributed by atoms with Crippen LogP contribution in [0.1, 0.15) is 32.5 Å². The summed E-state index contributed by atoms with van der Waals surface area (Å²) in [6.07, 6.45) is 4.20. The highest BCUT2D eigenvalue weighted by atomic mass is 32.2. The van der Waals surface area contributed by atoms with Crippen LogP contribution in [0.4, 0.5) is 0 Å². The fourth-order valence-electron chi connectivity index (χ4n) is 3.30. The first-order valence-corrected chi connectivity index (χ1v) is 11.5. The lowest BCUT2D eigenvalue weighted by atomic mass is 10.1. The van der Waals surface area contributed by atoms with Gasteiger partial charge in [-0.1, -0.05) is 6.07 Å². The van der Waals surface area contributed by atoms with Crippen molar-refractivity contribution in [2.24, 2.45) is 4.99 Å². The first-order valence-electron chi connectivity index (χ1n) is 9.84. The third-order valence-electron chi connectivity index (χ3n) is 4.89. The van der Waals surface area contributed by atoms with Gasteiger partial charge in [0, 0.05) is 44.8 Å². The van der Waals surface area contributed by atoms with Gasteiger partial charge in [0.05, 0.1) is 5.75 Å². The minimum Gasteiger partial charge on any atom is -0.357 e. The number of sulfonamides is 1. The van der Waals surface area contributed by atoms with Crippen molar-refractivity contribution in [3.05, 3.63) is 30.2 Å². The van der Waals surface area contributed by atoms with E-state index in [1.807, 2.05) is 35.7 Å². The predicted octanol–water partition coefficient (Wildman–Crippen LogP) is 0.641. The molecular formula is C18H29N7O2S. The van der Waals surface area contributed by atoms with Gasteiger partial charge in [-0.15, -0.1) is 10.2 Å². The summed E-state index contributed by atoms with van der Waals surface area (Å²) in [5.41, 5.74) is 0.834. The van der Waals surface area contributed by atoms with Crippen LogP contribution in [0.15, 0.2) is 29.4 Å². The van der Waals surface area contributed by atoms with Crippen LogP contribution in [0, 0.1) is 0 Å². The van der Waals surface area contributed by atoms with Crippen LogP contribution >= 0.6 is 0 Å². The van der Waals surface area contributed by atoms with E-state index in [-0.39, 0.29) is 11.8 Å². The van der Waals surface area contributed by atoms with Crippen molar-refractivity contribution < 1.29 is 8.42 Å². The molecular weight excluding hydrogens is 378 g/mol. The van der Waals surface area contributed by atoms with E-state index in [1.54, 1.807) is 11.2 Å². The van der Waals surface area contributed by atoms with Gasteiger partial charge in [0.15, 0.2) is 11.6 Å². The van der Waals surface area contributed by atoms with Crippen LogP contribution in [-0.4, -0.2) is 71.3 Å². The number of pyridine rings is 1. The van der Waals surface area contributed by atoms with Gasteiger partial charge in [0.25, 0.3) is 0 Å². The second kappa shape index (κ2) is 9.33. The molecule has 1 saturated heterocycles. The van der Waals surface area contributed by atoms with Gasteiger partial charge in [-0.05, 0) is 38.8 Å². The van der Waals surface area contributed by atoms with Gasteiger partial charge in [-0.3, -0.25) is 9.39 Å². The zero-order valence-electron chi connectivity index (χ0n) is 16.5. The highest BCUT2D eigenvalue weighted by Gasteiger charge is 2.26. The molecule has 0 spiro atoms. The van der Waals surface area contributed by atoms with Gasteiger partial charge < -0.3 is 10.6 Å². The van der Waals surface area contributed by atoms with E-state index in [9.17, 15) is 8.42 Å². The molecule has 2 N–H and O–H groups in total. The predicted molar refractivity (Wildman–Crippen MR) is 110 cm³/mol. The SMILES string of the molecule is CCNC(=NCCc1nnc2ccccn12)NC1CCN(S(=O)(=O)CC)CC1. The van der Waals surface area contributed by atoms with E-state index in [4.69, 9.17) is 0 Å². The number of nitrogens with one attached hydrogen (secondary N) is 2. The van der Waals surface area contributed by atoms with Crippen molar-refractivity contribution in [2.45, 2.75) is 39.2 Å². The summed E-state index contributed by atoms with van der Waals surface area (Å²) in [5, 5.41) is 15.1. The molecule has 1 aliphatic rings. The van der Waals surface area contributed by atoms with Crippen LogP contribution in [0.2, 0.25) is 0 Å². The summed E-state index contributed by atoms with van der Waals surface area (Å²) in [4.78, 5) is 4.65. The maximum absolute atomic E-state index is 12.0. The maximum atomic E-state index is 12.0. The van der Waals surface area contributed by atoms with Crippen LogP contribution in [0.25, 0.3) is 5.65 Å². The van der Waals surface area contributed by atoms with Crippen LogP contribution in [0.5, 0.6) is 0 Å². The number of fused-ring (bicyclic) bond motifs is 1. The minimum atomic E-state index is -3.10. The Labute approximate surface area is 166 Å². The summed E-state index contributed by atoms with van der Waals surface area (Å²) in [6, 6.07) is 6.04. The summed E-state index contributed by atoms with van der Waals surface area (Å²) < 4.78 is 27.5. The van der Waals surface area contributed by atoms with E-state index >= 15 is 0 Å². The fourth-order valence-corrected chi connectivity index (χ4v) is 4.44. The van der Waals surface area contributed by atoms with Crippen molar-refractivity contribution in [1.29, 1.82) is 0 Å². The third kappa shape index (κ3) is 4.99. The Balaban J connectivity index is 1.55. The molecule has 3 heterocycles. The number of hydrogen-bond donors (Lipinski definition) is 2. The molecule has 0 radical (unpaired) electrons. The number of guanidine groups is 1. The summed E-state index contributed by atoms with van der Waals surface area (Å²) >= 11 is 0. The van der Waals surface area contributed by atoms with Gasteiger partial charge in [0.1, 0.15) is 5.82 Å². The smallest absolute Gasteiger partial charge is 0.213 e. The van der Waals surface area contributed by atoms with Gasteiger partial charge in [0.2, 0.25) is 10.0 Å². The first kappa shape index (κ1) is 20.5.